The molecule has 136 valence electrons. The highest BCUT2D eigenvalue weighted by Crippen LogP contribution is 2.18. The van der Waals surface area contributed by atoms with Crippen LogP contribution in [0.1, 0.15) is 11.4 Å². The third kappa shape index (κ3) is 3.31. The van der Waals surface area contributed by atoms with Crippen molar-refractivity contribution in [3.8, 4) is 5.69 Å². The molecule has 0 amide bonds. The topological polar surface area (TPSA) is 78.0 Å². The van der Waals surface area contributed by atoms with E-state index in [1.54, 1.807) is 36.4 Å². The fraction of sp³-hybridized carbons (Fsp3) is 0. The molecule has 4 rings (SSSR count). The van der Waals surface area contributed by atoms with E-state index in [4.69, 9.17) is 0 Å². The van der Waals surface area contributed by atoms with Crippen LogP contribution in [0.15, 0.2) is 83.7 Å². The number of non-ortho nitro benzene ring substituents is 1. The van der Waals surface area contributed by atoms with Crippen LogP contribution < -0.4 is 5.56 Å². The van der Waals surface area contributed by atoms with Crippen molar-refractivity contribution in [3.05, 3.63) is 111 Å². The summed E-state index contributed by atoms with van der Waals surface area (Å²) in [5.74, 6) is 0.446. The Hall–Kier alpha value is -4.06. The van der Waals surface area contributed by atoms with Crippen LogP contribution in [0.3, 0.4) is 0 Å². The van der Waals surface area contributed by atoms with Crippen LogP contribution in [-0.4, -0.2) is 14.5 Å². The summed E-state index contributed by atoms with van der Waals surface area (Å²) in [5, 5.41) is 11.4. The van der Waals surface area contributed by atoms with Crippen LogP contribution in [0.4, 0.5) is 5.69 Å². The van der Waals surface area contributed by atoms with Gasteiger partial charge in [-0.3, -0.25) is 19.5 Å². The first-order valence-corrected chi connectivity index (χ1v) is 8.63. The van der Waals surface area contributed by atoms with E-state index in [1.165, 1.54) is 16.7 Å². The summed E-state index contributed by atoms with van der Waals surface area (Å²) in [7, 11) is 0. The summed E-state index contributed by atoms with van der Waals surface area (Å²) in [4.78, 5) is 28.2. The Morgan fingerprint density at radius 3 is 2.25 bits per heavy atom. The van der Waals surface area contributed by atoms with E-state index in [1.807, 2.05) is 42.5 Å². The number of hydrogen-bond acceptors (Lipinski definition) is 4. The lowest BCUT2D eigenvalue weighted by molar-refractivity contribution is -0.384. The van der Waals surface area contributed by atoms with E-state index in [9.17, 15) is 14.9 Å². The molecule has 0 spiro atoms. The second-order valence-electron chi connectivity index (χ2n) is 6.15. The molecule has 0 fully saturated rings. The number of nitro groups is 1. The van der Waals surface area contributed by atoms with Crippen LogP contribution in [0.5, 0.6) is 0 Å². The van der Waals surface area contributed by atoms with E-state index in [2.05, 4.69) is 4.98 Å². The molecule has 0 aliphatic rings. The van der Waals surface area contributed by atoms with Crippen LogP contribution in [0.2, 0.25) is 0 Å². The second-order valence-corrected chi connectivity index (χ2v) is 6.15. The van der Waals surface area contributed by atoms with Crippen LogP contribution in [0.25, 0.3) is 28.7 Å². The third-order valence-corrected chi connectivity index (χ3v) is 4.34. The lowest BCUT2D eigenvalue weighted by atomic mass is 10.2. The van der Waals surface area contributed by atoms with E-state index in [0.717, 1.165) is 5.56 Å². The second kappa shape index (κ2) is 7.28. The van der Waals surface area contributed by atoms with E-state index in [0.29, 0.717) is 22.4 Å². The van der Waals surface area contributed by atoms with Gasteiger partial charge in [0.1, 0.15) is 5.82 Å². The summed E-state index contributed by atoms with van der Waals surface area (Å²) in [5.41, 5.74) is 1.82. The van der Waals surface area contributed by atoms with Gasteiger partial charge in [-0.25, -0.2) is 4.98 Å². The molecule has 6 heteroatoms. The first kappa shape index (κ1) is 17.4. The molecule has 1 heterocycles. The highest BCUT2D eigenvalue weighted by Gasteiger charge is 2.12. The largest absolute Gasteiger partial charge is 0.269 e. The monoisotopic (exact) mass is 369 g/mol. The van der Waals surface area contributed by atoms with Gasteiger partial charge in [-0.15, -0.1) is 0 Å². The van der Waals surface area contributed by atoms with E-state index < -0.39 is 4.92 Å². The third-order valence-electron chi connectivity index (χ3n) is 4.34. The molecule has 1 aromatic heterocycles. The normalized spacial score (nSPS) is 11.1. The fourth-order valence-electron chi connectivity index (χ4n) is 2.97. The van der Waals surface area contributed by atoms with Crippen molar-refractivity contribution in [1.29, 1.82) is 0 Å². The van der Waals surface area contributed by atoms with Crippen molar-refractivity contribution in [1.82, 2.24) is 9.55 Å². The highest BCUT2D eigenvalue weighted by molar-refractivity contribution is 5.80. The lowest BCUT2D eigenvalue weighted by Crippen LogP contribution is -2.22. The fourth-order valence-corrected chi connectivity index (χ4v) is 2.97. The minimum Gasteiger partial charge on any atom is -0.268 e. The Morgan fingerprint density at radius 1 is 0.857 bits per heavy atom. The van der Waals surface area contributed by atoms with Crippen molar-refractivity contribution in [3.63, 3.8) is 0 Å². The average molecular weight is 369 g/mol. The lowest BCUT2D eigenvalue weighted by Gasteiger charge is -2.11. The maximum atomic E-state index is 13.1. The number of para-hydroxylation sites is 1. The van der Waals surface area contributed by atoms with Gasteiger partial charge < -0.3 is 0 Å². The van der Waals surface area contributed by atoms with Gasteiger partial charge in [-0.2, -0.15) is 0 Å². The van der Waals surface area contributed by atoms with Gasteiger partial charge in [0.25, 0.3) is 11.2 Å². The van der Waals surface area contributed by atoms with Gasteiger partial charge in [0.05, 0.1) is 21.5 Å². The minimum absolute atomic E-state index is 0.0353. The maximum absolute atomic E-state index is 13.1. The quantitative estimate of drug-likeness (QED) is 0.393. The Balaban J connectivity index is 1.92. The molecular weight excluding hydrogens is 354 g/mol. The summed E-state index contributed by atoms with van der Waals surface area (Å²) >= 11 is 0. The first-order valence-electron chi connectivity index (χ1n) is 8.63. The molecule has 0 unspecified atom stereocenters. The van der Waals surface area contributed by atoms with Gasteiger partial charge in [-0.1, -0.05) is 48.5 Å². The van der Waals surface area contributed by atoms with Crippen molar-refractivity contribution < 1.29 is 4.92 Å². The summed E-state index contributed by atoms with van der Waals surface area (Å²) in [6.07, 6.45) is 3.64. The van der Waals surface area contributed by atoms with Gasteiger partial charge in [0.2, 0.25) is 0 Å². The van der Waals surface area contributed by atoms with Gasteiger partial charge in [0, 0.05) is 12.1 Å². The summed E-state index contributed by atoms with van der Waals surface area (Å²) < 4.78 is 1.46. The van der Waals surface area contributed by atoms with Crippen LogP contribution >= 0.6 is 0 Å². The molecular formula is C22H15N3O3. The standard InChI is InChI=1S/C22H15N3O3/c26-22-19-8-4-5-9-20(19)23-21(15-10-16-6-2-1-3-7-16)24(22)17-11-13-18(14-12-17)25(27)28/h1-15H/b15-10-. The zero-order valence-electron chi connectivity index (χ0n) is 14.7. The Morgan fingerprint density at radius 2 is 1.54 bits per heavy atom. The molecule has 0 aliphatic carbocycles. The number of aromatic nitrogens is 2. The van der Waals surface area contributed by atoms with Crippen molar-refractivity contribution in [2.45, 2.75) is 0 Å². The Bertz CT molecular complexity index is 1240. The number of nitro benzene ring substituents is 1. The molecule has 0 radical (unpaired) electrons. The number of nitrogens with zero attached hydrogens (tertiary/aromatic N) is 3. The van der Waals surface area contributed by atoms with Gasteiger partial charge >= 0.3 is 0 Å². The molecule has 0 aliphatic heterocycles. The predicted molar refractivity (Wildman–Crippen MR) is 109 cm³/mol. The molecule has 3 aromatic carbocycles. The predicted octanol–water partition coefficient (Wildman–Crippen LogP) is 4.46. The summed E-state index contributed by atoms with van der Waals surface area (Å²) in [6, 6.07) is 22.7. The molecule has 28 heavy (non-hydrogen) atoms. The first-order chi connectivity index (χ1) is 13.6. The number of rotatable bonds is 4. The number of fused-ring (bicyclic) bond motifs is 1. The zero-order valence-corrected chi connectivity index (χ0v) is 14.7. The zero-order chi connectivity index (χ0) is 19.5. The van der Waals surface area contributed by atoms with E-state index in [-0.39, 0.29) is 11.2 Å². The van der Waals surface area contributed by atoms with Crippen molar-refractivity contribution in [2.24, 2.45) is 0 Å². The van der Waals surface area contributed by atoms with E-state index >= 15 is 0 Å². The molecule has 6 nitrogen and oxygen atoms in total. The summed E-state index contributed by atoms with van der Waals surface area (Å²) in [6.45, 7) is 0. The highest BCUT2D eigenvalue weighted by atomic mass is 16.6. The van der Waals surface area contributed by atoms with Crippen molar-refractivity contribution in [2.75, 3.05) is 0 Å². The SMILES string of the molecule is O=c1c2ccccc2nc(/C=C\c2ccccc2)n1-c1ccc([N+](=O)[O-])cc1. The van der Waals surface area contributed by atoms with Crippen LogP contribution in [0, 0.1) is 10.1 Å². The van der Waals surface area contributed by atoms with Crippen LogP contribution in [-0.2, 0) is 0 Å². The molecule has 4 aromatic rings. The smallest absolute Gasteiger partial charge is 0.268 e. The average Bonchev–Trinajstić information content (AvgIpc) is 2.73. The maximum Gasteiger partial charge on any atom is 0.269 e. The van der Waals surface area contributed by atoms with Gasteiger partial charge in [0.15, 0.2) is 0 Å². The van der Waals surface area contributed by atoms with Crippen molar-refractivity contribution >= 4 is 28.7 Å². The number of benzene rings is 3. The molecule has 0 bridgehead atoms. The number of hydrogen-bond donors (Lipinski definition) is 0. The van der Waals surface area contributed by atoms with Gasteiger partial charge in [-0.05, 0) is 35.9 Å². The molecule has 0 atom stereocenters. The minimum atomic E-state index is -0.471. The molecule has 0 N–H and O–H groups in total. The Labute approximate surface area is 160 Å². The molecule has 0 saturated carbocycles. The molecule has 0 saturated heterocycles. The Kier molecular flexibility index (Phi) is 4.51.